The number of rotatable bonds is 1. The fourth-order valence-corrected chi connectivity index (χ4v) is 1.05. The van der Waals surface area contributed by atoms with E-state index in [4.69, 9.17) is 17.3 Å². The van der Waals surface area contributed by atoms with Gasteiger partial charge >= 0.3 is 0 Å². The molecular formula is C7H7ClN2O2. The van der Waals surface area contributed by atoms with E-state index < -0.39 is 4.92 Å². The first-order chi connectivity index (χ1) is 5.52. The molecular weight excluding hydrogens is 180 g/mol. The normalized spacial score (nSPS) is 9.83. The summed E-state index contributed by atoms with van der Waals surface area (Å²) in [6.07, 6.45) is 0. The quantitative estimate of drug-likeness (QED) is 0.415. The summed E-state index contributed by atoms with van der Waals surface area (Å²) in [6.45, 7) is 1.62. The Morgan fingerprint density at radius 1 is 1.58 bits per heavy atom. The Hall–Kier alpha value is -1.29. The van der Waals surface area contributed by atoms with Gasteiger partial charge in [0.05, 0.1) is 15.6 Å². The van der Waals surface area contributed by atoms with Gasteiger partial charge < -0.3 is 5.73 Å². The van der Waals surface area contributed by atoms with E-state index in [9.17, 15) is 10.1 Å². The van der Waals surface area contributed by atoms with Crippen LogP contribution in [0.4, 0.5) is 11.4 Å². The molecule has 0 saturated carbocycles. The zero-order valence-electron chi connectivity index (χ0n) is 6.37. The third kappa shape index (κ3) is 1.48. The topological polar surface area (TPSA) is 69.2 Å². The smallest absolute Gasteiger partial charge is 0.273 e. The summed E-state index contributed by atoms with van der Waals surface area (Å²) in [5, 5.41) is 10.6. The SMILES string of the molecule is Cc1cc(N)c(Cl)cc1[N+](=O)[O-]. The molecule has 0 fully saturated rings. The molecule has 64 valence electrons. The Balaban J connectivity index is 3.33. The average Bonchev–Trinajstić information content (AvgIpc) is 1.96. The van der Waals surface area contributed by atoms with Gasteiger partial charge in [0.15, 0.2) is 0 Å². The number of nitrogens with two attached hydrogens (primary N) is 1. The van der Waals surface area contributed by atoms with Crippen molar-refractivity contribution in [1.82, 2.24) is 0 Å². The van der Waals surface area contributed by atoms with Crippen LogP contribution in [0.5, 0.6) is 0 Å². The average molecular weight is 187 g/mol. The first kappa shape index (κ1) is 8.80. The molecule has 0 saturated heterocycles. The van der Waals surface area contributed by atoms with E-state index in [1.54, 1.807) is 6.92 Å². The fraction of sp³-hybridized carbons (Fsp3) is 0.143. The Labute approximate surface area is 74.1 Å². The van der Waals surface area contributed by atoms with Crippen LogP contribution in [0.3, 0.4) is 0 Å². The highest BCUT2D eigenvalue weighted by molar-refractivity contribution is 6.33. The molecule has 1 aromatic rings. The van der Waals surface area contributed by atoms with Crippen molar-refractivity contribution in [3.8, 4) is 0 Å². The van der Waals surface area contributed by atoms with E-state index in [1.165, 1.54) is 12.1 Å². The monoisotopic (exact) mass is 186 g/mol. The zero-order chi connectivity index (χ0) is 9.30. The molecule has 0 heterocycles. The molecule has 0 aliphatic carbocycles. The van der Waals surface area contributed by atoms with E-state index in [-0.39, 0.29) is 10.7 Å². The van der Waals surface area contributed by atoms with Crippen LogP contribution in [-0.2, 0) is 0 Å². The lowest BCUT2D eigenvalue weighted by Gasteiger charge is -2.00. The predicted molar refractivity (Wildman–Crippen MR) is 47.3 cm³/mol. The zero-order valence-corrected chi connectivity index (χ0v) is 7.13. The van der Waals surface area contributed by atoms with Crippen LogP contribution in [0.2, 0.25) is 5.02 Å². The second-order valence-corrected chi connectivity index (χ2v) is 2.82. The van der Waals surface area contributed by atoms with Crippen molar-refractivity contribution in [2.24, 2.45) is 0 Å². The Morgan fingerprint density at radius 3 is 2.67 bits per heavy atom. The van der Waals surface area contributed by atoms with Crippen molar-refractivity contribution >= 4 is 23.0 Å². The lowest BCUT2D eigenvalue weighted by atomic mass is 10.2. The summed E-state index contributed by atoms with van der Waals surface area (Å²) in [5.41, 5.74) is 6.31. The minimum atomic E-state index is -0.485. The number of nitro groups is 1. The third-order valence-corrected chi connectivity index (χ3v) is 1.84. The predicted octanol–water partition coefficient (Wildman–Crippen LogP) is 2.14. The number of hydrogen-bond donors (Lipinski definition) is 1. The molecule has 0 bridgehead atoms. The number of hydrogen-bond acceptors (Lipinski definition) is 3. The van der Waals surface area contributed by atoms with E-state index in [0.29, 0.717) is 11.3 Å². The standard InChI is InChI=1S/C7H7ClN2O2/c1-4-2-6(9)5(8)3-7(4)10(11)12/h2-3H,9H2,1H3. The van der Waals surface area contributed by atoms with E-state index in [2.05, 4.69) is 0 Å². The van der Waals surface area contributed by atoms with Gasteiger partial charge in [-0.2, -0.15) is 0 Å². The molecule has 4 nitrogen and oxygen atoms in total. The highest BCUT2D eigenvalue weighted by Gasteiger charge is 2.12. The maximum atomic E-state index is 10.4. The minimum absolute atomic E-state index is 0.00537. The van der Waals surface area contributed by atoms with Crippen molar-refractivity contribution in [2.75, 3.05) is 5.73 Å². The van der Waals surface area contributed by atoms with Crippen molar-refractivity contribution < 1.29 is 4.92 Å². The molecule has 2 N–H and O–H groups in total. The number of nitro benzene ring substituents is 1. The van der Waals surface area contributed by atoms with E-state index in [0.717, 1.165) is 0 Å². The van der Waals surface area contributed by atoms with Crippen LogP contribution < -0.4 is 5.73 Å². The van der Waals surface area contributed by atoms with Crippen LogP contribution in [0.15, 0.2) is 12.1 Å². The number of aryl methyl sites for hydroxylation is 1. The van der Waals surface area contributed by atoms with Crippen molar-refractivity contribution in [3.63, 3.8) is 0 Å². The van der Waals surface area contributed by atoms with Crippen LogP contribution in [-0.4, -0.2) is 4.92 Å². The van der Waals surface area contributed by atoms with Crippen molar-refractivity contribution in [1.29, 1.82) is 0 Å². The Kier molecular flexibility index (Phi) is 2.19. The molecule has 0 aromatic heterocycles. The summed E-state index contributed by atoms with van der Waals surface area (Å²) < 4.78 is 0. The largest absolute Gasteiger partial charge is 0.398 e. The van der Waals surface area contributed by atoms with Crippen LogP contribution >= 0.6 is 11.6 Å². The first-order valence-electron chi connectivity index (χ1n) is 3.22. The number of halogens is 1. The second kappa shape index (κ2) is 2.98. The molecule has 0 spiro atoms. The van der Waals surface area contributed by atoms with Gasteiger partial charge in [0.2, 0.25) is 0 Å². The summed E-state index contributed by atoms with van der Waals surface area (Å²) >= 11 is 5.60. The molecule has 5 heteroatoms. The maximum Gasteiger partial charge on any atom is 0.273 e. The summed E-state index contributed by atoms with van der Waals surface area (Å²) in [6, 6.07) is 2.74. The van der Waals surface area contributed by atoms with Crippen molar-refractivity contribution in [3.05, 3.63) is 32.8 Å². The minimum Gasteiger partial charge on any atom is -0.398 e. The van der Waals surface area contributed by atoms with Crippen molar-refractivity contribution in [2.45, 2.75) is 6.92 Å². The number of nitrogen functional groups attached to an aromatic ring is 1. The summed E-state index contributed by atoms with van der Waals surface area (Å²) in [7, 11) is 0. The molecule has 1 aromatic carbocycles. The lowest BCUT2D eigenvalue weighted by Crippen LogP contribution is -1.94. The summed E-state index contributed by atoms with van der Waals surface area (Å²) in [5.74, 6) is 0. The molecule has 0 amide bonds. The van der Waals surface area contributed by atoms with E-state index >= 15 is 0 Å². The van der Waals surface area contributed by atoms with Gasteiger partial charge in [0, 0.05) is 11.6 Å². The Morgan fingerprint density at radius 2 is 2.17 bits per heavy atom. The molecule has 0 unspecified atom stereocenters. The van der Waals surface area contributed by atoms with Gasteiger partial charge in [-0.05, 0) is 13.0 Å². The van der Waals surface area contributed by atoms with Crippen LogP contribution in [0.25, 0.3) is 0 Å². The van der Waals surface area contributed by atoms with E-state index in [1.807, 2.05) is 0 Å². The van der Waals surface area contributed by atoms with Crippen LogP contribution in [0, 0.1) is 17.0 Å². The Bertz CT molecular complexity index is 338. The van der Waals surface area contributed by atoms with Gasteiger partial charge in [0.1, 0.15) is 0 Å². The first-order valence-corrected chi connectivity index (χ1v) is 3.60. The third-order valence-electron chi connectivity index (χ3n) is 1.51. The lowest BCUT2D eigenvalue weighted by molar-refractivity contribution is -0.385. The number of anilines is 1. The maximum absolute atomic E-state index is 10.4. The summed E-state index contributed by atoms with van der Waals surface area (Å²) in [4.78, 5) is 9.91. The molecule has 0 aliphatic heterocycles. The highest BCUT2D eigenvalue weighted by Crippen LogP contribution is 2.27. The highest BCUT2D eigenvalue weighted by atomic mass is 35.5. The molecule has 0 radical (unpaired) electrons. The van der Waals surface area contributed by atoms with Gasteiger partial charge in [-0.3, -0.25) is 10.1 Å². The fourth-order valence-electron chi connectivity index (χ4n) is 0.890. The molecule has 0 atom stereocenters. The van der Waals surface area contributed by atoms with Gasteiger partial charge in [-0.15, -0.1) is 0 Å². The molecule has 1 rings (SSSR count). The van der Waals surface area contributed by atoms with Gasteiger partial charge in [-0.1, -0.05) is 11.6 Å². The number of benzene rings is 1. The van der Waals surface area contributed by atoms with Crippen LogP contribution in [0.1, 0.15) is 5.56 Å². The second-order valence-electron chi connectivity index (χ2n) is 2.42. The van der Waals surface area contributed by atoms with Gasteiger partial charge in [0.25, 0.3) is 5.69 Å². The molecule has 12 heavy (non-hydrogen) atoms. The molecule has 0 aliphatic rings. The van der Waals surface area contributed by atoms with Gasteiger partial charge in [-0.25, -0.2) is 0 Å². The number of nitrogens with zero attached hydrogens (tertiary/aromatic N) is 1.